The molecule has 8 heteroatoms. The Hall–Kier alpha value is -1.64. The normalized spacial score (nSPS) is 11.3. The predicted molar refractivity (Wildman–Crippen MR) is 97.2 cm³/mol. The summed E-state index contributed by atoms with van der Waals surface area (Å²) in [4.78, 5) is 0. The number of nitrogens with zero attached hydrogens (tertiary/aromatic N) is 1. The zero-order chi connectivity index (χ0) is 16.3. The number of phenols is 2. The average Bonchev–Trinajstić information content (AvgIpc) is 2.36. The lowest BCUT2D eigenvalue weighted by Crippen LogP contribution is -2.26. The quantitative estimate of drug-likeness (QED) is 0.331. The number of nitrogens with two attached hydrogens (primary N) is 1. The lowest BCUT2D eigenvalue weighted by molar-refractivity contribution is 0.450. The van der Waals surface area contributed by atoms with Gasteiger partial charge in [-0.05, 0) is 42.5 Å². The lowest BCUT2D eigenvalue weighted by atomic mass is 10.0. The molecule has 0 fully saturated rings. The van der Waals surface area contributed by atoms with Crippen LogP contribution in [0.15, 0.2) is 50.4 Å². The summed E-state index contributed by atoms with van der Waals surface area (Å²) in [5, 5.41) is 23.5. The fourth-order valence-corrected chi connectivity index (χ4v) is 3.17. The Labute approximate surface area is 149 Å². The number of hydrogen-bond donors (Lipinski definition) is 4. The smallest absolute Gasteiger partial charge is 0.184 e. The van der Waals surface area contributed by atoms with Gasteiger partial charge in [-0.2, -0.15) is 5.10 Å². The number of benzene rings is 2. The number of rotatable bonds is 3. The average molecular weight is 445 g/mol. The van der Waals surface area contributed by atoms with Crippen molar-refractivity contribution in [3.8, 4) is 11.5 Å². The first kappa shape index (κ1) is 16.7. The Bertz CT molecular complexity index is 672. The minimum absolute atomic E-state index is 0.0101. The third kappa shape index (κ3) is 4.43. The molecule has 0 unspecified atom stereocenters. The first-order valence-corrected chi connectivity index (χ1v) is 7.97. The summed E-state index contributed by atoms with van der Waals surface area (Å²) in [6, 6.07) is 9.75. The summed E-state index contributed by atoms with van der Waals surface area (Å²) < 4.78 is 1.67. The Morgan fingerprint density at radius 2 is 1.45 bits per heavy atom. The van der Waals surface area contributed by atoms with Crippen LogP contribution in [0.25, 0.3) is 0 Å². The molecule has 0 aliphatic heterocycles. The molecule has 0 saturated carbocycles. The highest BCUT2D eigenvalue weighted by molar-refractivity contribution is 9.11. The van der Waals surface area contributed by atoms with Crippen molar-refractivity contribution in [3.05, 3.63) is 56.5 Å². The van der Waals surface area contributed by atoms with Gasteiger partial charge >= 0.3 is 0 Å². The van der Waals surface area contributed by atoms with E-state index in [0.717, 1.165) is 14.5 Å². The molecule has 0 bridgehead atoms. The molecule has 114 valence electrons. The molecule has 0 aromatic heterocycles. The minimum Gasteiger partial charge on any atom is -0.508 e. The Balaban J connectivity index is 2.60. The molecule has 0 spiro atoms. The summed E-state index contributed by atoms with van der Waals surface area (Å²) in [6.07, 6.45) is 0. The molecular formula is C14H11Br2N3O2S. The van der Waals surface area contributed by atoms with E-state index in [1.807, 2.05) is 18.2 Å². The molecule has 0 amide bonds. The van der Waals surface area contributed by atoms with E-state index in [4.69, 9.17) is 18.0 Å². The van der Waals surface area contributed by atoms with Gasteiger partial charge in [0.25, 0.3) is 0 Å². The number of aromatic hydroxyl groups is 2. The molecule has 0 aliphatic carbocycles. The molecule has 2 aromatic rings. The Morgan fingerprint density at radius 1 is 0.955 bits per heavy atom. The maximum Gasteiger partial charge on any atom is 0.184 e. The van der Waals surface area contributed by atoms with Crippen LogP contribution in [0.5, 0.6) is 11.5 Å². The van der Waals surface area contributed by atoms with Gasteiger partial charge in [-0.3, -0.25) is 5.43 Å². The van der Waals surface area contributed by atoms with Crippen molar-refractivity contribution < 1.29 is 10.2 Å². The number of thiocarbonyl (C=S) groups is 1. The summed E-state index contributed by atoms with van der Waals surface area (Å²) in [5.74, 6) is -0.154. The third-order valence-corrected chi connectivity index (χ3v) is 3.60. The number of halogens is 2. The number of nitrogens with one attached hydrogen (secondary N) is 1. The summed E-state index contributed by atoms with van der Waals surface area (Å²) in [7, 11) is 0. The van der Waals surface area contributed by atoms with Crippen molar-refractivity contribution in [2.75, 3.05) is 0 Å². The monoisotopic (exact) mass is 443 g/mol. The van der Waals surface area contributed by atoms with E-state index in [-0.39, 0.29) is 16.6 Å². The SMILES string of the molecule is NC(=S)N/N=C(\c1cc(O)cc(O)c1)c1cc(Br)cc(Br)c1. The van der Waals surface area contributed by atoms with Gasteiger partial charge in [0.1, 0.15) is 11.5 Å². The molecule has 0 atom stereocenters. The first-order chi connectivity index (χ1) is 10.3. The lowest BCUT2D eigenvalue weighted by Gasteiger charge is -2.10. The van der Waals surface area contributed by atoms with Gasteiger partial charge < -0.3 is 15.9 Å². The van der Waals surface area contributed by atoms with E-state index in [9.17, 15) is 10.2 Å². The standard InChI is InChI=1S/C14H11Br2N3O2S/c15-9-1-7(2-10(16)5-9)13(18-19-14(17)22)8-3-11(20)6-12(21)4-8/h1-6,20-21H,(H3,17,19,22)/b18-13-. The van der Waals surface area contributed by atoms with Gasteiger partial charge in [-0.1, -0.05) is 31.9 Å². The summed E-state index contributed by atoms with van der Waals surface area (Å²) >= 11 is 11.6. The predicted octanol–water partition coefficient (Wildman–Crippen LogP) is 3.21. The van der Waals surface area contributed by atoms with Crippen LogP contribution < -0.4 is 11.2 Å². The van der Waals surface area contributed by atoms with E-state index in [1.54, 1.807) is 0 Å². The number of hydrazone groups is 1. The third-order valence-electron chi connectivity index (χ3n) is 2.59. The minimum atomic E-state index is -0.0768. The zero-order valence-corrected chi connectivity index (χ0v) is 15.0. The molecule has 5 N–H and O–H groups in total. The summed E-state index contributed by atoms with van der Waals surface area (Å²) in [5.41, 5.74) is 9.63. The van der Waals surface area contributed by atoms with Crippen LogP contribution in [-0.4, -0.2) is 21.0 Å². The van der Waals surface area contributed by atoms with E-state index in [1.165, 1.54) is 18.2 Å². The topological polar surface area (TPSA) is 90.9 Å². The first-order valence-electron chi connectivity index (χ1n) is 5.98. The Morgan fingerprint density at radius 3 is 1.95 bits per heavy atom. The highest BCUT2D eigenvalue weighted by Crippen LogP contribution is 2.26. The molecule has 5 nitrogen and oxygen atoms in total. The maximum absolute atomic E-state index is 9.67. The van der Waals surface area contributed by atoms with Crippen molar-refractivity contribution in [2.24, 2.45) is 10.8 Å². The summed E-state index contributed by atoms with van der Waals surface area (Å²) in [6.45, 7) is 0. The van der Waals surface area contributed by atoms with E-state index < -0.39 is 0 Å². The van der Waals surface area contributed by atoms with Crippen molar-refractivity contribution in [2.45, 2.75) is 0 Å². The van der Waals surface area contributed by atoms with Crippen molar-refractivity contribution in [3.63, 3.8) is 0 Å². The number of hydrogen-bond acceptors (Lipinski definition) is 4. The number of phenolic OH excluding ortho intramolecular Hbond substituents is 2. The fourth-order valence-electron chi connectivity index (χ4n) is 1.83. The highest BCUT2D eigenvalue weighted by atomic mass is 79.9. The molecule has 0 heterocycles. The van der Waals surface area contributed by atoms with Crippen LogP contribution in [0, 0.1) is 0 Å². The van der Waals surface area contributed by atoms with Crippen LogP contribution in [0.4, 0.5) is 0 Å². The van der Waals surface area contributed by atoms with Gasteiger partial charge in [0.05, 0.1) is 5.71 Å². The van der Waals surface area contributed by atoms with Crippen molar-refractivity contribution in [1.82, 2.24) is 5.43 Å². The fraction of sp³-hybridized carbons (Fsp3) is 0. The molecule has 0 saturated heterocycles. The van der Waals surface area contributed by atoms with Gasteiger partial charge in [0, 0.05) is 26.1 Å². The molecular weight excluding hydrogens is 434 g/mol. The second kappa shape index (κ2) is 7.08. The largest absolute Gasteiger partial charge is 0.508 e. The van der Waals surface area contributed by atoms with Gasteiger partial charge in [-0.25, -0.2) is 0 Å². The zero-order valence-electron chi connectivity index (χ0n) is 11.0. The second-order valence-corrected chi connectivity index (χ2v) is 6.60. The second-order valence-electron chi connectivity index (χ2n) is 4.33. The van der Waals surface area contributed by atoms with Crippen LogP contribution in [0.3, 0.4) is 0 Å². The van der Waals surface area contributed by atoms with Crippen LogP contribution in [0.1, 0.15) is 11.1 Å². The van der Waals surface area contributed by atoms with E-state index in [0.29, 0.717) is 11.3 Å². The highest BCUT2D eigenvalue weighted by Gasteiger charge is 2.12. The molecule has 0 radical (unpaired) electrons. The van der Waals surface area contributed by atoms with Crippen LogP contribution in [-0.2, 0) is 0 Å². The molecule has 2 rings (SSSR count). The molecule has 22 heavy (non-hydrogen) atoms. The van der Waals surface area contributed by atoms with Crippen molar-refractivity contribution >= 4 is 54.9 Å². The van der Waals surface area contributed by atoms with Crippen LogP contribution in [0.2, 0.25) is 0 Å². The Kier molecular flexibility index (Phi) is 5.38. The van der Waals surface area contributed by atoms with Gasteiger partial charge in [0.15, 0.2) is 5.11 Å². The molecule has 2 aromatic carbocycles. The van der Waals surface area contributed by atoms with Gasteiger partial charge in [-0.15, -0.1) is 0 Å². The van der Waals surface area contributed by atoms with Crippen LogP contribution >= 0.6 is 44.1 Å². The van der Waals surface area contributed by atoms with E-state index >= 15 is 0 Å². The van der Waals surface area contributed by atoms with Gasteiger partial charge in [0.2, 0.25) is 0 Å². The van der Waals surface area contributed by atoms with E-state index in [2.05, 4.69) is 42.4 Å². The maximum atomic E-state index is 9.67. The van der Waals surface area contributed by atoms with Crippen molar-refractivity contribution in [1.29, 1.82) is 0 Å². The molecule has 0 aliphatic rings.